The number of rotatable bonds is 8. The fraction of sp³-hybridized carbons (Fsp3) is 0.625. The molecule has 0 spiro atoms. The summed E-state index contributed by atoms with van der Waals surface area (Å²) >= 11 is 0. The summed E-state index contributed by atoms with van der Waals surface area (Å²) in [5.41, 5.74) is 0.883. The van der Waals surface area contributed by atoms with Crippen LogP contribution in [0.15, 0.2) is 18.2 Å². The quantitative estimate of drug-likeness (QED) is 0.775. The molecule has 1 aliphatic heterocycles. The van der Waals surface area contributed by atoms with Crippen LogP contribution < -0.4 is 4.74 Å². The zero-order valence-electron chi connectivity index (χ0n) is 13.1. The minimum absolute atomic E-state index is 0.0990. The first-order valence-electron chi connectivity index (χ1n) is 7.68. The van der Waals surface area contributed by atoms with Crippen LogP contribution in [0.3, 0.4) is 0 Å². The first kappa shape index (κ1) is 17.1. The summed E-state index contributed by atoms with van der Waals surface area (Å²) < 4.78 is 24.0. The van der Waals surface area contributed by atoms with Gasteiger partial charge in [-0.1, -0.05) is 6.07 Å². The van der Waals surface area contributed by atoms with Crippen LogP contribution in [0.5, 0.6) is 5.75 Å². The molecule has 0 unspecified atom stereocenters. The Morgan fingerprint density at radius 1 is 1.32 bits per heavy atom. The summed E-state index contributed by atoms with van der Waals surface area (Å²) in [6.45, 7) is 6.53. The average Bonchev–Trinajstić information content (AvgIpc) is 2.54. The number of hydrogen-bond donors (Lipinski definition) is 1. The molecule has 1 aromatic rings. The van der Waals surface area contributed by atoms with Crippen LogP contribution in [-0.4, -0.2) is 74.6 Å². The maximum absolute atomic E-state index is 13.7. The van der Waals surface area contributed by atoms with E-state index in [0.717, 1.165) is 45.0 Å². The highest BCUT2D eigenvalue weighted by Gasteiger charge is 2.13. The third-order valence-electron chi connectivity index (χ3n) is 3.87. The lowest BCUT2D eigenvalue weighted by atomic mass is 10.2. The number of benzene rings is 1. The lowest BCUT2D eigenvalue weighted by Crippen LogP contribution is -2.41. The molecule has 22 heavy (non-hydrogen) atoms. The van der Waals surface area contributed by atoms with Gasteiger partial charge in [-0.05, 0) is 17.7 Å². The topological polar surface area (TPSA) is 45.2 Å². The number of aliphatic hydroxyl groups excluding tert-OH is 1. The maximum Gasteiger partial charge on any atom is 0.165 e. The molecule has 5 nitrogen and oxygen atoms in total. The Balaban J connectivity index is 1.88. The predicted molar refractivity (Wildman–Crippen MR) is 82.6 cm³/mol. The third-order valence-corrected chi connectivity index (χ3v) is 3.87. The second-order valence-corrected chi connectivity index (χ2v) is 5.42. The monoisotopic (exact) mass is 312 g/mol. The molecule has 1 saturated heterocycles. The lowest BCUT2D eigenvalue weighted by molar-refractivity contribution is 0.0320. The highest BCUT2D eigenvalue weighted by molar-refractivity contribution is 5.29. The molecular formula is C16H25FN2O3. The van der Waals surface area contributed by atoms with E-state index in [4.69, 9.17) is 9.47 Å². The molecule has 0 radical (unpaired) electrons. The lowest BCUT2D eigenvalue weighted by Gasteiger charge is -2.29. The highest BCUT2D eigenvalue weighted by atomic mass is 19.1. The van der Waals surface area contributed by atoms with Gasteiger partial charge in [0.1, 0.15) is 0 Å². The molecule has 2 rings (SSSR count). The smallest absolute Gasteiger partial charge is 0.165 e. The van der Waals surface area contributed by atoms with Gasteiger partial charge in [0.15, 0.2) is 11.6 Å². The van der Waals surface area contributed by atoms with Gasteiger partial charge in [-0.2, -0.15) is 0 Å². The van der Waals surface area contributed by atoms with Crippen molar-refractivity contribution >= 4 is 0 Å². The van der Waals surface area contributed by atoms with Gasteiger partial charge in [0.25, 0.3) is 0 Å². The summed E-state index contributed by atoms with van der Waals surface area (Å²) in [5, 5.41) is 9.22. The molecule has 0 aromatic heterocycles. The Hall–Kier alpha value is -1.21. The van der Waals surface area contributed by atoms with E-state index in [2.05, 4.69) is 9.80 Å². The first-order valence-corrected chi connectivity index (χ1v) is 7.68. The van der Waals surface area contributed by atoms with Crippen LogP contribution in [0.25, 0.3) is 0 Å². The number of morpholine rings is 1. The van der Waals surface area contributed by atoms with Crippen molar-refractivity contribution < 1.29 is 19.0 Å². The molecule has 0 saturated carbocycles. The molecule has 0 bridgehead atoms. The van der Waals surface area contributed by atoms with Crippen molar-refractivity contribution in [1.29, 1.82) is 0 Å². The van der Waals surface area contributed by atoms with Gasteiger partial charge >= 0.3 is 0 Å². The van der Waals surface area contributed by atoms with Gasteiger partial charge < -0.3 is 14.6 Å². The van der Waals surface area contributed by atoms with Crippen molar-refractivity contribution in [3.05, 3.63) is 29.6 Å². The standard InChI is InChI=1S/C16H25FN2O3/c1-21-16-3-2-14(12-15(16)17)13-19(6-9-20)5-4-18-7-10-22-11-8-18/h2-3,12,20H,4-11,13H2,1H3. The number of aliphatic hydroxyl groups is 1. The van der Waals surface area contributed by atoms with Gasteiger partial charge in [0.2, 0.25) is 0 Å². The zero-order valence-corrected chi connectivity index (χ0v) is 13.1. The third kappa shape index (κ3) is 5.21. The van der Waals surface area contributed by atoms with E-state index < -0.39 is 0 Å². The van der Waals surface area contributed by atoms with E-state index in [0.29, 0.717) is 13.1 Å². The van der Waals surface area contributed by atoms with E-state index in [1.807, 2.05) is 6.07 Å². The Labute approximate surface area is 131 Å². The number of nitrogens with zero attached hydrogens (tertiary/aromatic N) is 2. The van der Waals surface area contributed by atoms with Crippen LogP contribution >= 0.6 is 0 Å². The average molecular weight is 312 g/mol. The Morgan fingerprint density at radius 3 is 2.73 bits per heavy atom. The van der Waals surface area contributed by atoms with Gasteiger partial charge in [-0.25, -0.2) is 4.39 Å². The van der Waals surface area contributed by atoms with Crippen LogP contribution in [0.1, 0.15) is 5.56 Å². The fourth-order valence-electron chi connectivity index (χ4n) is 2.59. The molecule has 6 heteroatoms. The molecule has 0 aliphatic carbocycles. The van der Waals surface area contributed by atoms with Crippen molar-refractivity contribution in [2.75, 3.05) is 59.7 Å². The van der Waals surface area contributed by atoms with E-state index in [9.17, 15) is 9.50 Å². The van der Waals surface area contributed by atoms with Crippen LogP contribution in [0.4, 0.5) is 4.39 Å². The Bertz CT molecular complexity index is 453. The first-order chi connectivity index (χ1) is 10.7. The minimum atomic E-state index is -0.350. The van der Waals surface area contributed by atoms with Crippen LogP contribution in [0, 0.1) is 5.82 Å². The molecular weight excluding hydrogens is 287 g/mol. The van der Waals surface area contributed by atoms with Gasteiger partial charge in [-0.3, -0.25) is 9.80 Å². The molecule has 124 valence electrons. The van der Waals surface area contributed by atoms with Gasteiger partial charge in [0, 0.05) is 39.3 Å². The number of methoxy groups -OCH3 is 1. The van der Waals surface area contributed by atoms with Crippen molar-refractivity contribution in [2.24, 2.45) is 0 Å². The fourth-order valence-corrected chi connectivity index (χ4v) is 2.59. The second kappa shape index (κ2) is 9.05. The van der Waals surface area contributed by atoms with Crippen molar-refractivity contribution in [3.8, 4) is 5.75 Å². The molecule has 1 heterocycles. The summed E-state index contributed by atoms with van der Waals surface area (Å²) in [6.07, 6.45) is 0. The minimum Gasteiger partial charge on any atom is -0.494 e. The van der Waals surface area contributed by atoms with E-state index >= 15 is 0 Å². The Kier molecular flexibility index (Phi) is 7.05. The van der Waals surface area contributed by atoms with E-state index in [1.165, 1.54) is 13.2 Å². The van der Waals surface area contributed by atoms with E-state index in [-0.39, 0.29) is 18.2 Å². The number of halogens is 1. The van der Waals surface area contributed by atoms with Crippen molar-refractivity contribution in [1.82, 2.24) is 9.80 Å². The van der Waals surface area contributed by atoms with Crippen LogP contribution in [0.2, 0.25) is 0 Å². The zero-order chi connectivity index (χ0) is 15.8. The summed E-state index contributed by atoms with van der Waals surface area (Å²) in [6, 6.07) is 5.00. The van der Waals surface area contributed by atoms with Crippen molar-refractivity contribution in [2.45, 2.75) is 6.54 Å². The summed E-state index contributed by atoms with van der Waals surface area (Å²) in [7, 11) is 1.46. The molecule has 0 amide bonds. The predicted octanol–water partition coefficient (Wildman–Crippen LogP) is 0.961. The summed E-state index contributed by atoms with van der Waals surface area (Å²) in [5.74, 6) is -0.0945. The Morgan fingerprint density at radius 2 is 2.09 bits per heavy atom. The largest absolute Gasteiger partial charge is 0.494 e. The van der Waals surface area contributed by atoms with Gasteiger partial charge in [0.05, 0.1) is 26.9 Å². The summed E-state index contributed by atoms with van der Waals surface area (Å²) in [4.78, 5) is 4.49. The number of hydrogen-bond acceptors (Lipinski definition) is 5. The SMILES string of the molecule is COc1ccc(CN(CCO)CCN2CCOCC2)cc1F. The van der Waals surface area contributed by atoms with Crippen molar-refractivity contribution in [3.63, 3.8) is 0 Å². The molecule has 1 aliphatic rings. The molecule has 1 fully saturated rings. The molecule has 1 aromatic carbocycles. The number of ether oxygens (including phenoxy) is 2. The molecule has 1 N–H and O–H groups in total. The van der Waals surface area contributed by atoms with Crippen LogP contribution in [-0.2, 0) is 11.3 Å². The highest BCUT2D eigenvalue weighted by Crippen LogP contribution is 2.18. The molecule has 0 atom stereocenters. The maximum atomic E-state index is 13.7. The van der Waals surface area contributed by atoms with Gasteiger partial charge in [-0.15, -0.1) is 0 Å². The second-order valence-electron chi connectivity index (χ2n) is 5.42. The van der Waals surface area contributed by atoms with E-state index in [1.54, 1.807) is 6.07 Å². The normalized spacial score (nSPS) is 16.2.